The Morgan fingerprint density at radius 3 is 2.53 bits per heavy atom. The molecular weight excluding hydrogens is 428 g/mol. The molecule has 2 N–H and O–H groups in total. The van der Waals surface area contributed by atoms with E-state index < -0.39 is 15.9 Å². The van der Waals surface area contributed by atoms with Gasteiger partial charge < -0.3 is 15.3 Å². The van der Waals surface area contributed by atoms with Crippen LogP contribution in [0, 0.1) is 0 Å². The first-order chi connectivity index (χ1) is 15.3. The maximum atomic E-state index is 12.7. The van der Waals surface area contributed by atoms with Crippen LogP contribution >= 0.6 is 0 Å². The minimum Gasteiger partial charge on any atom is -0.393 e. The number of amides is 1. The van der Waals surface area contributed by atoms with Gasteiger partial charge in [-0.25, -0.2) is 18.4 Å². The highest BCUT2D eigenvalue weighted by molar-refractivity contribution is 7.91. The summed E-state index contributed by atoms with van der Waals surface area (Å²) in [6.45, 7) is 1.81. The number of hydrogen-bond acceptors (Lipinski definition) is 7. The van der Waals surface area contributed by atoms with Crippen molar-refractivity contribution in [2.75, 3.05) is 23.0 Å². The van der Waals surface area contributed by atoms with Crippen LogP contribution in [0.5, 0.6) is 0 Å². The van der Waals surface area contributed by atoms with Crippen molar-refractivity contribution in [2.24, 2.45) is 0 Å². The van der Waals surface area contributed by atoms with Gasteiger partial charge in [0.15, 0.2) is 9.84 Å². The number of aliphatic hydroxyl groups is 1. The SMILES string of the molecule is CCC(O)CCS(=O)(=O)c1ccc(NC(=O)c2cc(N(C)C3CCCCC3)ncn2)cc1. The first-order valence-electron chi connectivity index (χ1n) is 11.2. The van der Waals surface area contributed by atoms with Gasteiger partial charge in [0.25, 0.3) is 5.91 Å². The van der Waals surface area contributed by atoms with Crippen molar-refractivity contribution in [1.82, 2.24) is 9.97 Å². The summed E-state index contributed by atoms with van der Waals surface area (Å²) in [5, 5.41) is 12.4. The van der Waals surface area contributed by atoms with Gasteiger partial charge in [0.05, 0.1) is 16.8 Å². The van der Waals surface area contributed by atoms with Gasteiger partial charge in [-0.05, 0) is 49.9 Å². The number of anilines is 2. The second-order valence-electron chi connectivity index (χ2n) is 8.31. The zero-order valence-corrected chi connectivity index (χ0v) is 19.5. The van der Waals surface area contributed by atoms with Gasteiger partial charge in [-0.2, -0.15) is 0 Å². The average Bonchev–Trinajstić information content (AvgIpc) is 2.83. The number of aromatic nitrogens is 2. The Balaban J connectivity index is 1.64. The minimum atomic E-state index is -3.49. The van der Waals surface area contributed by atoms with Crippen molar-refractivity contribution >= 4 is 27.2 Å². The molecule has 1 aliphatic rings. The normalized spacial score (nSPS) is 15.8. The van der Waals surface area contributed by atoms with Crippen molar-refractivity contribution in [3.8, 4) is 0 Å². The molecule has 0 saturated heterocycles. The number of sulfone groups is 1. The number of hydrogen-bond donors (Lipinski definition) is 2. The molecule has 0 bridgehead atoms. The van der Waals surface area contributed by atoms with Crippen LogP contribution in [-0.4, -0.2) is 54.3 Å². The molecule has 1 amide bonds. The van der Waals surface area contributed by atoms with Crippen LogP contribution in [0.4, 0.5) is 11.5 Å². The highest BCUT2D eigenvalue weighted by Gasteiger charge is 2.21. The molecular formula is C23H32N4O4S. The monoisotopic (exact) mass is 460 g/mol. The van der Waals surface area contributed by atoms with Gasteiger partial charge in [-0.1, -0.05) is 26.2 Å². The Labute approximate surface area is 190 Å². The molecule has 32 heavy (non-hydrogen) atoms. The third-order valence-electron chi connectivity index (χ3n) is 6.03. The first kappa shape index (κ1) is 24.1. The number of nitrogens with zero attached hydrogens (tertiary/aromatic N) is 3. The summed E-state index contributed by atoms with van der Waals surface area (Å²) in [5.41, 5.74) is 0.728. The molecule has 1 aliphatic carbocycles. The van der Waals surface area contributed by atoms with Gasteiger partial charge in [0, 0.05) is 24.8 Å². The van der Waals surface area contributed by atoms with Crippen LogP contribution in [0.25, 0.3) is 0 Å². The second kappa shape index (κ2) is 10.9. The van der Waals surface area contributed by atoms with Crippen molar-refractivity contribution in [3.63, 3.8) is 0 Å². The van der Waals surface area contributed by atoms with Gasteiger partial charge in [-0.3, -0.25) is 4.79 Å². The van der Waals surface area contributed by atoms with Gasteiger partial charge >= 0.3 is 0 Å². The second-order valence-corrected chi connectivity index (χ2v) is 10.4. The van der Waals surface area contributed by atoms with E-state index in [4.69, 9.17) is 0 Å². The fourth-order valence-corrected chi connectivity index (χ4v) is 5.24. The molecule has 1 fully saturated rings. The van der Waals surface area contributed by atoms with Crippen molar-refractivity contribution in [2.45, 2.75) is 68.9 Å². The molecule has 1 unspecified atom stereocenters. The highest BCUT2D eigenvalue weighted by Crippen LogP contribution is 2.25. The Kier molecular flexibility index (Phi) is 8.20. The Hall–Kier alpha value is -2.52. The molecule has 1 heterocycles. The van der Waals surface area contributed by atoms with Crippen molar-refractivity contribution in [3.05, 3.63) is 42.4 Å². The maximum absolute atomic E-state index is 12.7. The summed E-state index contributed by atoms with van der Waals surface area (Å²) in [5.74, 6) is 0.214. The largest absolute Gasteiger partial charge is 0.393 e. The summed E-state index contributed by atoms with van der Waals surface area (Å²) in [6.07, 6.45) is 7.40. The molecule has 1 saturated carbocycles. The van der Waals surface area contributed by atoms with Crippen LogP contribution in [0.3, 0.4) is 0 Å². The lowest BCUT2D eigenvalue weighted by Gasteiger charge is -2.32. The zero-order valence-electron chi connectivity index (χ0n) is 18.7. The number of aliphatic hydroxyl groups excluding tert-OH is 1. The number of benzene rings is 1. The molecule has 174 valence electrons. The Morgan fingerprint density at radius 2 is 1.88 bits per heavy atom. The first-order valence-corrected chi connectivity index (χ1v) is 12.8. The van der Waals surface area contributed by atoms with Crippen molar-refractivity contribution in [1.29, 1.82) is 0 Å². The van der Waals surface area contributed by atoms with Gasteiger partial charge in [-0.15, -0.1) is 0 Å². The number of carbonyl (C=O) groups is 1. The van der Waals surface area contributed by atoms with Crippen LogP contribution in [-0.2, 0) is 9.84 Å². The highest BCUT2D eigenvalue weighted by atomic mass is 32.2. The molecule has 2 aromatic rings. The van der Waals surface area contributed by atoms with Crippen LogP contribution in [0.1, 0.15) is 62.4 Å². The van der Waals surface area contributed by atoms with E-state index >= 15 is 0 Å². The van der Waals surface area contributed by atoms with Crippen LogP contribution in [0.2, 0.25) is 0 Å². The minimum absolute atomic E-state index is 0.119. The van der Waals surface area contributed by atoms with E-state index in [-0.39, 0.29) is 28.7 Å². The molecule has 9 heteroatoms. The lowest BCUT2D eigenvalue weighted by molar-refractivity contribution is 0.102. The number of nitrogens with one attached hydrogen (secondary N) is 1. The summed E-state index contributed by atoms with van der Waals surface area (Å²) in [6, 6.07) is 8.13. The average molecular weight is 461 g/mol. The fourth-order valence-electron chi connectivity index (χ4n) is 3.87. The molecule has 0 spiro atoms. The zero-order chi connectivity index (χ0) is 23.1. The molecule has 1 atom stereocenters. The standard InChI is InChI=1S/C23H32N4O4S/c1-3-19(28)13-14-32(30,31)20-11-9-17(10-12-20)26-23(29)21-15-22(25-16-24-21)27(2)18-7-5-4-6-8-18/h9-12,15-16,18-19,28H,3-8,13-14H2,1-2H3,(H,26,29). The fraction of sp³-hybridized carbons (Fsp3) is 0.522. The smallest absolute Gasteiger partial charge is 0.274 e. The van der Waals surface area contributed by atoms with E-state index in [9.17, 15) is 18.3 Å². The molecule has 0 radical (unpaired) electrons. The molecule has 3 rings (SSSR count). The predicted octanol–water partition coefficient (Wildman–Crippen LogP) is 3.43. The van der Waals surface area contributed by atoms with E-state index in [1.807, 2.05) is 14.0 Å². The topological polar surface area (TPSA) is 112 Å². The lowest BCUT2D eigenvalue weighted by Crippen LogP contribution is -2.34. The summed E-state index contributed by atoms with van der Waals surface area (Å²) < 4.78 is 24.8. The Bertz CT molecular complexity index is 1000. The number of carbonyl (C=O) groups excluding carboxylic acids is 1. The van der Waals surface area contributed by atoms with Crippen LogP contribution < -0.4 is 10.2 Å². The quantitative estimate of drug-likeness (QED) is 0.589. The van der Waals surface area contributed by atoms with E-state index in [0.29, 0.717) is 24.0 Å². The maximum Gasteiger partial charge on any atom is 0.274 e. The van der Waals surface area contributed by atoms with Crippen LogP contribution in [0.15, 0.2) is 41.6 Å². The summed E-state index contributed by atoms with van der Waals surface area (Å²) >= 11 is 0. The molecule has 1 aromatic carbocycles. The summed E-state index contributed by atoms with van der Waals surface area (Å²) in [4.78, 5) is 23.4. The van der Waals surface area contributed by atoms with Gasteiger partial charge in [0.2, 0.25) is 0 Å². The lowest BCUT2D eigenvalue weighted by atomic mass is 9.94. The molecule has 0 aliphatic heterocycles. The summed E-state index contributed by atoms with van der Waals surface area (Å²) in [7, 11) is -1.49. The third kappa shape index (κ3) is 6.26. The molecule has 8 nitrogen and oxygen atoms in total. The van der Waals surface area contributed by atoms with Gasteiger partial charge in [0.1, 0.15) is 17.8 Å². The van der Waals surface area contributed by atoms with E-state index in [1.165, 1.54) is 37.7 Å². The molecule has 1 aromatic heterocycles. The number of rotatable bonds is 9. The predicted molar refractivity (Wildman–Crippen MR) is 125 cm³/mol. The van der Waals surface area contributed by atoms with E-state index in [1.54, 1.807) is 18.2 Å². The third-order valence-corrected chi connectivity index (χ3v) is 7.79. The van der Waals surface area contributed by atoms with E-state index in [0.717, 1.165) is 12.8 Å². The Morgan fingerprint density at radius 1 is 1.19 bits per heavy atom. The van der Waals surface area contributed by atoms with Crippen molar-refractivity contribution < 1.29 is 18.3 Å². The van der Waals surface area contributed by atoms with E-state index in [2.05, 4.69) is 20.2 Å².